The molecule has 1 heterocycles. The number of ether oxygens (including phenoxy) is 1. The van der Waals surface area contributed by atoms with Gasteiger partial charge in [-0.2, -0.15) is 0 Å². The van der Waals surface area contributed by atoms with Gasteiger partial charge in [-0.3, -0.25) is 0 Å². The van der Waals surface area contributed by atoms with Crippen molar-refractivity contribution in [2.24, 2.45) is 17.8 Å². The van der Waals surface area contributed by atoms with Gasteiger partial charge in [-0.25, -0.2) is 0 Å². The van der Waals surface area contributed by atoms with E-state index in [0.29, 0.717) is 12.1 Å². The first-order chi connectivity index (χ1) is 9.27. The van der Waals surface area contributed by atoms with Crippen LogP contribution in [0.4, 0.5) is 0 Å². The summed E-state index contributed by atoms with van der Waals surface area (Å²) in [6, 6.07) is 0.697. The summed E-state index contributed by atoms with van der Waals surface area (Å²) in [5, 5.41) is 3.90. The Morgan fingerprint density at radius 3 is 2.53 bits per heavy atom. The minimum absolute atomic E-state index is 0.453. The van der Waals surface area contributed by atoms with Crippen LogP contribution in [0.3, 0.4) is 0 Å². The molecule has 1 saturated heterocycles. The Bertz CT molecular complexity index is 256. The van der Waals surface area contributed by atoms with Gasteiger partial charge in [-0.1, -0.05) is 39.5 Å². The highest BCUT2D eigenvalue weighted by molar-refractivity contribution is 4.92. The van der Waals surface area contributed by atoms with Crippen LogP contribution >= 0.6 is 0 Å². The van der Waals surface area contributed by atoms with Crippen LogP contribution in [0.15, 0.2) is 0 Å². The molecule has 0 bridgehead atoms. The Hall–Kier alpha value is -0.0800. The molecule has 19 heavy (non-hydrogen) atoms. The molecule has 5 atom stereocenters. The predicted octanol–water partition coefficient (Wildman–Crippen LogP) is 4.00. The highest BCUT2D eigenvalue weighted by atomic mass is 16.5. The van der Waals surface area contributed by atoms with Crippen LogP contribution in [0.25, 0.3) is 0 Å². The fraction of sp³-hybridized carbons (Fsp3) is 1.00. The molecule has 2 heteroatoms. The van der Waals surface area contributed by atoms with Gasteiger partial charge < -0.3 is 10.1 Å². The van der Waals surface area contributed by atoms with Crippen molar-refractivity contribution < 1.29 is 4.74 Å². The molecule has 2 fully saturated rings. The molecule has 1 N–H and O–H groups in total. The molecule has 2 rings (SSSR count). The summed E-state index contributed by atoms with van der Waals surface area (Å²) >= 11 is 0. The molecule has 0 spiro atoms. The number of rotatable bonds is 6. The molecular weight excluding hydrogens is 234 g/mol. The van der Waals surface area contributed by atoms with Gasteiger partial charge in [0.05, 0.1) is 6.10 Å². The van der Waals surface area contributed by atoms with Crippen LogP contribution < -0.4 is 5.32 Å². The van der Waals surface area contributed by atoms with Crippen LogP contribution in [0.2, 0.25) is 0 Å². The van der Waals surface area contributed by atoms with Gasteiger partial charge in [0.15, 0.2) is 0 Å². The fourth-order valence-electron chi connectivity index (χ4n) is 4.37. The quantitative estimate of drug-likeness (QED) is 0.785. The first-order valence-electron chi connectivity index (χ1n) is 8.62. The third kappa shape index (κ3) is 3.72. The Labute approximate surface area is 119 Å². The Kier molecular flexibility index (Phi) is 6.15. The lowest BCUT2D eigenvalue weighted by molar-refractivity contribution is 0.0679. The molecule has 0 aromatic heterocycles. The summed E-state index contributed by atoms with van der Waals surface area (Å²) in [6.45, 7) is 9.08. The third-order valence-electron chi connectivity index (χ3n) is 5.48. The molecule has 0 radical (unpaired) electrons. The van der Waals surface area contributed by atoms with E-state index in [1.807, 2.05) is 0 Å². The highest BCUT2D eigenvalue weighted by Gasteiger charge is 2.39. The average Bonchev–Trinajstić information content (AvgIpc) is 2.86. The minimum atomic E-state index is 0.453. The van der Waals surface area contributed by atoms with Gasteiger partial charge in [0.1, 0.15) is 0 Å². The molecule has 112 valence electrons. The maximum Gasteiger partial charge on any atom is 0.0590 e. The summed E-state index contributed by atoms with van der Waals surface area (Å²) < 4.78 is 5.85. The van der Waals surface area contributed by atoms with Crippen molar-refractivity contribution in [1.82, 2.24) is 5.32 Å². The SMILES string of the molecule is CCCNC(C1CCCCC1CC)C1CCOC1C. The second-order valence-electron chi connectivity index (χ2n) is 6.62. The molecule has 1 aliphatic heterocycles. The maximum absolute atomic E-state index is 5.85. The standard InChI is InChI=1S/C17H33NO/c1-4-11-18-17(15-10-12-19-13(15)3)16-9-7-6-8-14(16)5-2/h13-18H,4-12H2,1-3H3. The van der Waals surface area contributed by atoms with E-state index in [2.05, 4.69) is 26.1 Å². The van der Waals surface area contributed by atoms with Crippen molar-refractivity contribution >= 4 is 0 Å². The molecule has 2 nitrogen and oxygen atoms in total. The van der Waals surface area contributed by atoms with Gasteiger partial charge in [0.25, 0.3) is 0 Å². The average molecular weight is 267 g/mol. The van der Waals surface area contributed by atoms with Crippen molar-refractivity contribution in [2.45, 2.75) is 77.9 Å². The normalized spacial score (nSPS) is 37.4. The molecule has 1 saturated carbocycles. The van der Waals surface area contributed by atoms with E-state index in [0.717, 1.165) is 24.4 Å². The first kappa shape index (κ1) is 15.3. The summed E-state index contributed by atoms with van der Waals surface area (Å²) in [5.41, 5.74) is 0. The van der Waals surface area contributed by atoms with Crippen LogP contribution in [-0.4, -0.2) is 25.3 Å². The summed E-state index contributed by atoms with van der Waals surface area (Å²) in [6.07, 6.45) is 10.1. The summed E-state index contributed by atoms with van der Waals surface area (Å²) in [4.78, 5) is 0. The van der Waals surface area contributed by atoms with Crippen LogP contribution in [0.1, 0.15) is 65.7 Å². The lowest BCUT2D eigenvalue weighted by Gasteiger charge is -2.41. The lowest BCUT2D eigenvalue weighted by Crippen LogP contribution is -2.48. The summed E-state index contributed by atoms with van der Waals surface area (Å²) in [5.74, 6) is 2.57. The van der Waals surface area contributed by atoms with E-state index < -0.39 is 0 Å². The largest absolute Gasteiger partial charge is 0.378 e. The smallest absolute Gasteiger partial charge is 0.0590 e. The van der Waals surface area contributed by atoms with E-state index in [1.165, 1.54) is 51.5 Å². The van der Waals surface area contributed by atoms with Crippen molar-refractivity contribution in [3.8, 4) is 0 Å². The second-order valence-corrected chi connectivity index (χ2v) is 6.62. The van der Waals surface area contributed by atoms with E-state index in [4.69, 9.17) is 4.74 Å². The van der Waals surface area contributed by atoms with Gasteiger partial charge in [-0.05, 0) is 44.6 Å². The van der Waals surface area contributed by atoms with Crippen molar-refractivity contribution in [1.29, 1.82) is 0 Å². The van der Waals surface area contributed by atoms with Crippen molar-refractivity contribution in [3.63, 3.8) is 0 Å². The van der Waals surface area contributed by atoms with Gasteiger partial charge >= 0.3 is 0 Å². The molecule has 2 aliphatic rings. The third-order valence-corrected chi connectivity index (χ3v) is 5.48. The van der Waals surface area contributed by atoms with Crippen LogP contribution in [-0.2, 0) is 4.74 Å². The second kappa shape index (κ2) is 7.64. The monoisotopic (exact) mass is 267 g/mol. The zero-order chi connectivity index (χ0) is 13.7. The van der Waals surface area contributed by atoms with Crippen LogP contribution in [0.5, 0.6) is 0 Å². The zero-order valence-corrected chi connectivity index (χ0v) is 13.2. The minimum Gasteiger partial charge on any atom is -0.378 e. The van der Waals surface area contributed by atoms with Crippen LogP contribution in [0, 0.1) is 17.8 Å². The topological polar surface area (TPSA) is 21.3 Å². The molecule has 0 amide bonds. The highest BCUT2D eigenvalue weighted by Crippen LogP contribution is 2.39. The molecule has 1 aliphatic carbocycles. The van der Waals surface area contributed by atoms with Crippen molar-refractivity contribution in [3.05, 3.63) is 0 Å². The Morgan fingerprint density at radius 2 is 1.89 bits per heavy atom. The zero-order valence-electron chi connectivity index (χ0n) is 13.2. The van der Waals surface area contributed by atoms with Crippen molar-refractivity contribution in [2.75, 3.05) is 13.2 Å². The number of hydrogen-bond donors (Lipinski definition) is 1. The van der Waals surface area contributed by atoms with Gasteiger partial charge in [0, 0.05) is 18.6 Å². The Morgan fingerprint density at radius 1 is 1.11 bits per heavy atom. The van der Waals surface area contributed by atoms with E-state index >= 15 is 0 Å². The predicted molar refractivity (Wildman–Crippen MR) is 81.3 cm³/mol. The summed E-state index contributed by atoms with van der Waals surface area (Å²) in [7, 11) is 0. The number of hydrogen-bond acceptors (Lipinski definition) is 2. The molecule has 5 unspecified atom stereocenters. The lowest BCUT2D eigenvalue weighted by atomic mass is 9.69. The molecular formula is C17H33NO. The Balaban J connectivity index is 2.06. The van der Waals surface area contributed by atoms with E-state index in [1.54, 1.807) is 0 Å². The van der Waals surface area contributed by atoms with E-state index in [9.17, 15) is 0 Å². The first-order valence-corrected chi connectivity index (χ1v) is 8.62. The van der Waals surface area contributed by atoms with Gasteiger partial charge in [0.2, 0.25) is 0 Å². The molecule has 0 aromatic rings. The maximum atomic E-state index is 5.85. The fourth-order valence-corrected chi connectivity index (χ4v) is 4.37. The van der Waals surface area contributed by atoms with Gasteiger partial charge in [-0.15, -0.1) is 0 Å². The number of nitrogens with one attached hydrogen (secondary N) is 1. The van der Waals surface area contributed by atoms with E-state index in [-0.39, 0.29) is 0 Å². The molecule has 0 aromatic carbocycles.